The van der Waals surface area contributed by atoms with Gasteiger partial charge in [-0.05, 0) is 30.7 Å². The molecule has 3 heterocycles. The summed E-state index contributed by atoms with van der Waals surface area (Å²) in [5.41, 5.74) is 2.46. The average Bonchev–Trinajstić information content (AvgIpc) is 3.41. The van der Waals surface area contributed by atoms with Crippen molar-refractivity contribution >= 4 is 5.91 Å². The van der Waals surface area contributed by atoms with Gasteiger partial charge in [0.25, 0.3) is 5.91 Å². The Kier molecular flexibility index (Phi) is 5.50. The molecule has 4 rings (SSSR count). The standard InChI is InChI=1S/C20H23N5O3/c1-15(16-2-4-18(5-3-16)25-14-21-13-22-25)23-20(26)17-10-19(28-12-17)11-24-6-8-27-9-7-24/h2-5,10,12-15H,6-9,11H2,1H3,(H,23,26)/t15-/m1/s1. The van der Waals surface area contributed by atoms with Gasteiger partial charge in [-0.25, -0.2) is 9.67 Å². The first-order valence-corrected chi connectivity index (χ1v) is 9.32. The number of furan rings is 1. The van der Waals surface area contributed by atoms with E-state index in [0.717, 1.165) is 43.3 Å². The van der Waals surface area contributed by atoms with Gasteiger partial charge in [-0.2, -0.15) is 5.10 Å². The van der Waals surface area contributed by atoms with Gasteiger partial charge >= 0.3 is 0 Å². The van der Waals surface area contributed by atoms with Crippen LogP contribution in [0.25, 0.3) is 5.69 Å². The quantitative estimate of drug-likeness (QED) is 0.704. The number of nitrogens with zero attached hydrogens (tertiary/aromatic N) is 4. The SMILES string of the molecule is C[C@@H](NC(=O)c1coc(CN2CCOCC2)c1)c1ccc(-n2cncn2)cc1. The van der Waals surface area contributed by atoms with E-state index in [2.05, 4.69) is 20.3 Å². The van der Waals surface area contributed by atoms with Crippen LogP contribution in [0.15, 0.2) is 53.7 Å². The van der Waals surface area contributed by atoms with Crippen molar-refractivity contribution in [2.45, 2.75) is 19.5 Å². The molecular formula is C20H23N5O3. The number of carbonyl (C=O) groups excluding carboxylic acids is 1. The number of hydrogen-bond donors (Lipinski definition) is 1. The number of carbonyl (C=O) groups is 1. The van der Waals surface area contributed by atoms with Gasteiger partial charge in [-0.1, -0.05) is 12.1 Å². The molecule has 0 unspecified atom stereocenters. The lowest BCUT2D eigenvalue weighted by molar-refractivity contribution is 0.0313. The molecule has 8 nitrogen and oxygen atoms in total. The molecular weight excluding hydrogens is 358 g/mol. The van der Waals surface area contributed by atoms with Crippen LogP contribution in [0.1, 0.15) is 34.6 Å². The number of nitrogens with one attached hydrogen (secondary N) is 1. The van der Waals surface area contributed by atoms with Crippen LogP contribution >= 0.6 is 0 Å². The third kappa shape index (κ3) is 4.29. The third-order valence-corrected chi connectivity index (χ3v) is 4.82. The first kappa shape index (κ1) is 18.4. The Labute approximate surface area is 163 Å². The lowest BCUT2D eigenvalue weighted by Crippen LogP contribution is -2.35. The van der Waals surface area contributed by atoms with Gasteiger partial charge in [0.2, 0.25) is 0 Å². The molecule has 3 aromatic rings. The summed E-state index contributed by atoms with van der Waals surface area (Å²) in [6, 6.07) is 9.53. The molecule has 0 bridgehead atoms. The zero-order valence-electron chi connectivity index (χ0n) is 15.7. The van der Waals surface area contributed by atoms with Crippen LogP contribution in [0.2, 0.25) is 0 Å². The van der Waals surface area contributed by atoms with Gasteiger partial charge in [0.15, 0.2) is 0 Å². The number of ether oxygens (including phenoxy) is 1. The molecule has 0 radical (unpaired) electrons. The van der Waals surface area contributed by atoms with Gasteiger partial charge < -0.3 is 14.5 Å². The molecule has 0 spiro atoms. The predicted molar refractivity (Wildman–Crippen MR) is 102 cm³/mol. The summed E-state index contributed by atoms with van der Waals surface area (Å²) < 4.78 is 12.6. The van der Waals surface area contributed by atoms with Gasteiger partial charge in [0.1, 0.15) is 24.7 Å². The van der Waals surface area contributed by atoms with Crippen LogP contribution in [0, 0.1) is 0 Å². The third-order valence-electron chi connectivity index (χ3n) is 4.82. The van der Waals surface area contributed by atoms with E-state index in [9.17, 15) is 4.79 Å². The second-order valence-electron chi connectivity index (χ2n) is 6.82. The molecule has 1 fully saturated rings. The number of benzene rings is 1. The normalized spacial score (nSPS) is 16.0. The molecule has 8 heteroatoms. The van der Waals surface area contributed by atoms with Crippen LogP contribution in [-0.4, -0.2) is 51.9 Å². The lowest BCUT2D eigenvalue weighted by atomic mass is 10.1. The van der Waals surface area contributed by atoms with Crippen molar-refractivity contribution in [3.63, 3.8) is 0 Å². The van der Waals surface area contributed by atoms with E-state index >= 15 is 0 Å². The summed E-state index contributed by atoms with van der Waals surface area (Å²) >= 11 is 0. The van der Waals surface area contributed by atoms with Crippen LogP contribution < -0.4 is 5.32 Å². The van der Waals surface area contributed by atoms with E-state index in [4.69, 9.17) is 9.15 Å². The Morgan fingerprint density at radius 3 is 2.75 bits per heavy atom. The molecule has 1 aromatic carbocycles. The molecule has 1 aliphatic heterocycles. The molecule has 1 N–H and O–H groups in total. The fourth-order valence-corrected chi connectivity index (χ4v) is 3.18. The highest BCUT2D eigenvalue weighted by Crippen LogP contribution is 2.17. The van der Waals surface area contributed by atoms with Crippen LogP contribution in [0.3, 0.4) is 0 Å². The summed E-state index contributed by atoms with van der Waals surface area (Å²) in [6.45, 7) is 5.88. The van der Waals surface area contributed by atoms with Crippen molar-refractivity contribution in [3.8, 4) is 5.69 Å². The maximum atomic E-state index is 12.6. The summed E-state index contributed by atoms with van der Waals surface area (Å²) in [5.74, 6) is 0.640. The minimum absolute atomic E-state index is 0.130. The second kappa shape index (κ2) is 8.37. The van der Waals surface area contributed by atoms with Crippen molar-refractivity contribution in [2.24, 2.45) is 0 Å². The number of amides is 1. The first-order chi connectivity index (χ1) is 13.7. The number of aromatic nitrogens is 3. The topological polar surface area (TPSA) is 85.4 Å². The van der Waals surface area contributed by atoms with Gasteiger partial charge in [-0.3, -0.25) is 9.69 Å². The summed E-state index contributed by atoms with van der Waals surface area (Å²) in [7, 11) is 0. The molecule has 1 atom stereocenters. The Balaban J connectivity index is 1.35. The van der Waals surface area contributed by atoms with Crippen molar-refractivity contribution in [1.82, 2.24) is 25.0 Å². The highest BCUT2D eigenvalue weighted by Gasteiger charge is 2.17. The van der Waals surface area contributed by atoms with Crippen molar-refractivity contribution in [1.29, 1.82) is 0 Å². The summed E-state index contributed by atoms with van der Waals surface area (Å²) in [6.07, 6.45) is 4.66. The number of hydrogen-bond acceptors (Lipinski definition) is 6. The zero-order valence-corrected chi connectivity index (χ0v) is 15.7. The molecule has 1 aliphatic rings. The Bertz CT molecular complexity index is 898. The minimum Gasteiger partial charge on any atom is -0.467 e. The van der Waals surface area contributed by atoms with E-state index in [1.54, 1.807) is 11.0 Å². The summed E-state index contributed by atoms with van der Waals surface area (Å²) in [5, 5.41) is 7.12. The predicted octanol–water partition coefficient (Wildman–Crippen LogP) is 2.18. The van der Waals surface area contributed by atoms with Crippen LogP contribution in [-0.2, 0) is 11.3 Å². The molecule has 1 amide bonds. The monoisotopic (exact) mass is 381 g/mol. The van der Waals surface area contributed by atoms with Gasteiger partial charge in [0, 0.05) is 13.1 Å². The maximum absolute atomic E-state index is 12.6. The molecule has 146 valence electrons. The van der Waals surface area contributed by atoms with E-state index in [1.165, 1.54) is 12.6 Å². The van der Waals surface area contributed by atoms with Gasteiger partial charge in [-0.15, -0.1) is 0 Å². The second-order valence-corrected chi connectivity index (χ2v) is 6.82. The maximum Gasteiger partial charge on any atom is 0.255 e. The highest BCUT2D eigenvalue weighted by atomic mass is 16.5. The largest absolute Gasteiger partial charge is 0.467 e. The molecule has 28 heavy (non-hydrogen) atoms. The lowest BCUT2D eigenvalue weighted by Gasteiger charge is -2.25. The van der Waals surface area contributed by atoms with E-state index in [0.29, 0.717) is 12.1 Å². The Morgan fingerprint density at radius 2 is 2.04 bits per heavy atom. The zero-order chi connectivity index (χ0) is 19.3. The Hall–Kier alpha value is -2.97. The molecule has 1 saturated heterocycles. The smallest absolute Gasteiger partial charge is 0.255 e. The molecule has 2 aromatic heterocycles. The molecule has 0 aliphatic carbocycles. The minimum atomic E-state index is -0.148. The van der Waals surface area contributed by atoms with E-state index < -0.39 is 0 Å². The molecule has 0 saturated carbocycles. The van der Waals surface area contributed by atoms with Crippen LogP contribution in [0.4, 0.5) is 0 Å². The van der Waals surface area contributed by atoms with Crippen molar-refractivity contribution in [3.05, 3.63) is 66.1 Å². The van der Waals surface area contributed by atoms with Crippen LogP contribution in [0.5, 0.6) is 0 Å². The van der Waals surface area contributed by atoms with E-state index in [-0.39, 0.29) is 11.9 Å². The fourth-order valence-electron chi connectivity index (χ4n) is 3.18. The average molecular weight is 381 g/mol. The first-order valence-electron chi connectivity index (χ1n) is 9.32. The number of rotatable bonds is 6. The fraction of sp³-hybridized carbons (Fsp3) is 0.350. The van der Waals surface area contributed by atoms with E-state index in [1.807, 2.05) is 37.3 Å². The summed E-state index contributed by atoms with van der Waals surface area (Å²) in [4.78, 5) is 18.8. The Morgan fingerprint density at radius 1 is 1.25 bits per heavy atom. The van der Waals surface area contributed by atoms with Crippen molar-refractivity contribution < 1.29 is 13.9 Å². The number of morpholine rings is 1. The highest BCUT2D eigenvalue weighted by molar-refractivity contribution is 5.94. The van der Waals surface area contributed by atoms with Gasteiger partial charge in [0.05, 0.1) is 37.1 Å². The van der Waals surface area contributed by atoms with Crippen molar-refractivity contribution in [2.75, 3.05) is 26.3 Å².